The van der Waals surface area contributed by atoms with E-state index in [9.17, 15) is 0 Å². The Hall–Kier alpha value is -1.02. The molecular formula is C18H32N2. The number of unbranched alkanes of at least 4 members (excludes halogenated alkanes) is 4. The molecule has 2 nitrogen and oxygen atoms in total. The van der Waals surface area contributed by atoms with E-state index < -0.39 is 0 Å². The number of hydrogen-bond donors (Lipinski definition) is 1. The maximum Gasteiger partial charge on any atom is 0.0412 e. The molecule has 1 atom stereocenters. The van der Waals surface area contributed by atoms with E-state index in [0.717, 1.165) is 13.1 Å². The van der Waals surface area contributed by atoms with Crippen molar-refractivity contribution in [2.24, 2.45) is 5.73 Å². The molecule has 1 aromatic carbocycles. The fraction of sp³-hybridized carbons (Fsp3) is 0.667. The van der Waals surface area contributed by atoms with Crippen molar-refractivity contribution in [3.05, 3.63) is 29.8 Å². The highest BCUT2D eigenvalue weighted by Gasteiger charge is 2.15. The molecule has 0 radical (unpaired) electrons. The molecule has 0 amide bonds. The van der Waals surface area contributed by atoms with Crippen molar-refractivity contribution in [2.75, 3.05) is 18.0 Å². The quantitative estimate of drug-likeness (QED) is 0.637. The number of nitrogens with two attached hydrogens (primary N) is 1. The number of benzene rings is 1. The molecular weight excluding hydrogens is 244 g/mol. The standard InChI is InChI=1S/C18H32N2/c1-4-6-7-8-9-12-18(15-19)20(5-2)17-13-10-11-16(3)14-17/h10-11,13-14,18H,4-9,12,15,19H2,1-3H3. The lowest BCUT2D eigenvalue weighted by molar-refractivity contribution is 0.515. The first kappa shape index (κ1) is 17.0. The van der Waals surface area contributed by atoms with Crippen LogP contribution in [0.2, 0.25) is 0 Å². The molecule has 1 aromatic rings. The summed E-state index contributed by atoms with van der Waals surface area (Å²) in [5, 5.41) is 0. The summed E-state index contributed by atoms with van der Waals surface area (Å²) in [7, 11) is 0. The third-order valence-corrected chi connectivity index (χ3v) is 4.03. The van der Waals surface area contributed by atoms with E-state index in [-0.39, 0.29) is 0 Å². The Morgan fingerprint density at radius 1 is 1.10 bits per heavy atom. The zero-order valence-electron chi connectivity index (χ0n) is 13.6. The predicted molar refractivity (Wildman–Crippen MR) is 90.4 cm³/mol. The number of nitrogens with zero attached hydrogens (tertiary/aromatic N) is 1. The van der Waals surface area contributed by atoms with Crippen LogP contribution in [0.1, 0.15) is 57.9 Å². The molecule has 1 unspecified atom stereocenters. The van der Waals surface area contributed by atoms with Crippen molar-refractivity contribution in [1.82, 2.24) is 0 Å². The summed E-state index contributed by atoms with van der Waals surface area (Å²) in [6, 6.07) is 9.24. The molecule has 0 aliphatic rings. The van der Waals surface area contributed by atoms with E-state index in [1.165, 1.54) is 49.8 Å². The molecule has 0 aliphatic heterocycles. The lowest BCUT2D eigenvalue weighted by Crippen LogP contribution is -2.40. The third kappa shape index (κ3) is 5.54. The first-order valence-electron chi connectivity index (χ1n) is 8.26. The van der Waals surface area contributed by atoms with Gasteiger partial charge in [-0.05, 0) is 38.0 Å². The van der Waals surface area contributed by atoms with Gasteiger partial charge in [-0.1, -0.05) is 51.2 Å². The highest BCUT2D eigenvalue weighted by atomic mass is 15.2. The SMILES string of the molecule is CCCCCCCC(CN)N(CC)c1cccc(C)c1. The molecule has 0 fully saturated rings. The average Bonchev–Trinajstić information content (AvgIpc) is 2.46. The van der Waals surface area contributed by atoms with Crippen LogP contribution in [0.5, 0.6) is 0 Å². The Bertz CT molecular complexity index is 362. The van der Waals surface area contributed by atoms with Crippen molar-refractivity contribution in [3.63, 3.8) is 0 Å². The predicted octanol–water partition coefficient (Wildman–Crippen LogP) is 4.51. The topological polar surface area (TPSA) is 29.3 Å². The minimum Gasteiger partial charge on any atom is -0.368 e. The second-order valence-corrected chi connectivity index (χ2v) is 5.72. The molecule has 1 rings (SSSR count). The van der Waals surface area contributed by atoms with Gasteiger partial charge in [0.25, 0.3) is 0 Å². The van der Waals surface area contributed by atoms with Gasteiger partial charge in [0.05, 0.1) is 0 Å². The van der Waals surface area contributed by atoms with E-state index in [1.807, 2.05) is 0 Å². The molecule has 0 aromatic heterocycles. The van der Waals surface area contributed by atoms with Crippen LogP contribution in [-0.2, 0) is 0 Å². The first-order valence-corrected chi connectivity index (χ1v) is 8.26. The monoisotopic (exact) mass is 276 g/mol. The summed E-state index contributed by atoms with van der Waals surface area (Å²) in [5.74, 6) is 0. The molecule has 0 heterocycles. The minimum absolute atomic E-state index is 0.475. The molecule has 2 N–H and O–H groups in total. The summed E-state index contributed by atoms with van der Waals surface area (Å²) in [5.41, 5.74) is 8.66. The maximum absolute atomic E-state index is 6.02. The number of likely N-dealkylation sites (N-methyl/N-ethyl adjacent to an activating group) is 1. The lowest BCUT2D eigenvalue weighted by Gasteiger charge is -2.32. The lowest BCUT2D eigenvalue weighted by atomic mass is 10.0. The molecule has 0 saturated heterocycles. The van der Waals surface area contributed by atoms with Crippen molar-refractivity contribution in [2.45, 2.75) is 65.3 Å². The summed E-state index contributed by atoms with van der Waals surface area (Å²) in [6.45, 7) is 8.41. The largest absolute Gasteiger partial charge is 0.368 e. The van der Waals surface area contributed by atoms with Crippen molar-refractivity contribution < 1.29 is 0 Å². The Morgan fingerprint density at radius 3 is 2.45 bits per heavy atom. The van der Waals surface area contributed by atoms with Gasteiger partial charge in [-0.3, -0.25) is 0 Å². The van der Waals surface area contributed by atoms with E-state index in [4.69, 9.17) is 5.73 Å². The minimum atomic E-state index is 0.475. The van der Waals surface area contributed by atoms with Crippen LogP contribution < -0.4 is 10.6 Å². The summed E-state index contributed by atoms with van der Waals surface area (Å²) in [4.78, 5) is 2.47. The van der Waals surface area contributed by atoms with Crippen molar-refractivity contribution in [1.29, 1.82) is 0 Å². The van der Waals surface area contributed by atoms with Gasteiger partial charge in [-0.15, -0.1) is 0 Å². The zero-order chi connectivity index (χ0) is 14.8. The van der Waals surface area contributed by atoms with Gasteiger partial charge < -0.3 is 10.6 Å². The Balaban J connectivity index is 2.56. The normalized spacial score (nSPS) is 12.4. The smallest absolute Gasteiger partial charge is 0.0412 e. The number of anilines is 1. The van der Waals surface area contributed by atoms with Gasteiger partial charge >= 0.3 is 0 Å². The maximum atomic E-state index is 6.02. The second kappa shape index (κ2) is 9.82. The molecule has 0 saturated carbocycles. The van der Waals surface area contributed by atoms with Crippen LogP contribution in [-0.4, -0.2) is 19.1 Å². The third-order valence-electron chi connectivity index (χ3n) is 4.03. The molecule has 2 heteroatoms. The Labute approximate surface area is 125 Å². The fourth-order valence-corrected chi connectivity index (χ4v) is 2.84. The fourth-order valence-electron chi connectivity index (χ4n) is 2.84. The molecule has 0 bridgehead atoms. The summed E-state index contributed by atoms with van der Waals surface area (Å²) < 4.78 is 0. The van der Waals surface area contributed by atoms with Crippen LogP contribution >= 0.6 is 0 Å². The van der Waals surface area contributed by atoms with Gasteiger partial charge in [0.2, 0.25) is 0 Å². The molecule has 0 aliphatic carbocycles. The van der Waals surface area contributed by atoms with Crippen LogP contribution in [0, 0.1) is 6.92 Å². The number of rotatable bonds is 10. The highest BCUT2D eigenvalue weighted by Crippen LogP contribution is 2.21. The second-order valence-electron chi connectivity index (χ2n) is 5.72. The van der Waals surface area contributed by atoms with Crippen molar-refractivity contribution in [3.8, 4) is 0 Å². The van der Waals surface area contributed by atoms with Crippen molar-refractivity contribution >= 4 is 5.69 Å². The average molecular weight is 276 g/mol. The van der Waals surface area contributed by atoms with Gasteiger partial charge in [-0.2, -0.15) is 0 Å². The zero-order valence-corrected chi connectivity index (χ0v) is 13.6. The summed E-state index contributed by atoms with van der Waals surface area (Å²) >= 11 is 0. The van der Waals surface area contributed by atoms with E-state index >= 15 is 0 Å². The van der Waals surface area contributed by atoms with Gasteiger partial charge in [0, 0.05) is 24.8 Å². The van der Waals surface area contributed by atoms with Crippen LogP contribution in [0.15, 0.2) is 24.3 Å². The Kier molecular flexibility index (Phi) is 8.36. The number of aryl methyl sites for hydroxylation is 1. The Morgan fingerprint density at radius 2 is 1.85 bits per heavy atom. The van der Waals surface area contributed by atoms with E-state index in [2.05, 4.69) is 49.9 Å². The first-order chi connectivity index (χ1) is 9.72. The van der Waals surface area contributed by atoms with E-state index in [1.54, 1.807) is 0 Å². The van der Waals surface area contributed by atoms with Gasteiger partial charge in [-0.25, -0.2) is 0 Å². The molecule has 0 spiro atoms. The van der Waals surface area contributed by atoms with Gasteiger partial charge in [0.15, 0.2) is 0 Å². The van der Waals surface area contributed by atoms with Crippen LogP contribution in [0.3, 0.4) is 0 Å². The number of hydrogen-bond acceptors (Lipinski definition) is 2. The molecule has 20 heavy (non-hydrogen) atoms. The molecule has 114 valence electrons. The summed E-state index contributed by atoms with van der Waals surface area (Å²) in [6.07, 6.45) is 7.89. The van der Waals surface area contributed by atoms with E-state index in [0.29, 0.717) is 6.04 Å². The van der Waals surface area contributed by atoms with Crippen LogP contribution in [0.25, 0.3) is 0 Å². The highest BCUT2D eigenvalue weighted by molar-refractivity contribution is 5.49. The van der Waals surface area contributed by atoms with Crippen LogP contribution in [0.4, 0.5) is 5.69 Å². The van der Waals surface area contributed by atoms with Gasteiger partial charge in [0.1, 0.15) is 0 Å².